The average molecular weight is 238 g/mol. The Kier molecular flexibility index (Phi) is 4.25. The molecule has 0 radical (unpaired) electrons. The fourth-order valence-corrected chi connectivity index (χ4v) is 2.51. The predicted molar refractivity (Wildman–Crippen MR) is 70.0 cm³/mol. The van der Waals surface area contributed by atoms with Crippen LogP contribution in [0.5, 0.6) is 0 Å². The molecule has 1 atom stereocenters. The SMILES string of the molecule is CC1CCN(CCCc2ccc(Cl)cc2)C1. The Bertz CT molecular complexity index is 320. The normalized spacial score (nSPS) is 21.5. The molecule has 1 aromatic rings. The van der Waals surface area contributed by atoms with Gasteiger partial charge in [-0.3, -0.25) is 0 Å². The molecule has 0 N–H and O–H groups in total. The van der Waals surface area contributed by atoms with Crippen LogP contribution in [0.4, 0.5) is 0 Å². The summed E-state index contributed by atoms with van der Waals surface area (Å²) in [5.41, 5.74) is 1.40. The summed E-state index contributed by atoms with van der Waals surface area (Å²) in [5, 5.41) is 0.831. The number of hydrogen-bond acceptors (Lipinski definition) is 1. The molecule has 1 fully saturated rings. The van der Waals surface area contributed by atoms with Gasteiger partial charge < -0.3 is 4.90 Å². The van der Waals surface area contributed by atoms with Crippen molar-refractivity contribution in [3.05, 3.63) is 34.9 Å². The van der Waals surface area contributed by atoms with Crippen LogP contribution >= 0.6 is 11.6 Å². The van der Waals surface area contributed by atoms with Gasteiger partial charge >= 0.3 is 0 Å². The van der Waals surface area contributed by atoms with E-state index in [9.17, 15) is 0 Å². The van der Waals surface area contributed by atoms with E-state index in [0.29, 0.717) is 0 Å². The Balaban J connectivity index is 1.70. The maximum atomic E-state index is 5.86. The van der Waals surface area contributed by atoms with Gasteiger partial charge in [0.2, 0.25) is 0 Å². The molecule has 0 aromatic heterocycles. The monoisotopic (exact) mass is 237 g/mol. The van der Waals surface area contributed by atoms with Gasteiger partial charge in [-0.25, -0.2) is 0 Å². The van der Waals surface area contributed by atoms with Crippen molar-refractivity contribution in [2.75, 3.05) is 19.6 Å². The van der Waals surface area contributed by atoms with Gasteiger partial charge in [-0.1, -0.05) is 30.7 Å². The number of aryl methyl sites for hydroxylation is 1. The summed E-state index contributed by atoms with van der Waals surface area (Å²) in [4.78, 5) is 2.58. The Hall–Kier alpha value is -0.530. The highest BCUT2D eigenvalue weighted by Crippen LogP contribution is 2.16. The van der Waals surface area contributed by atoms with Gasteiger partial charge in [0.1, 0.15) is 0 Å². The van der Waals surface area contributed by atoms with E-state index in [1.54, 1.807) is 0 Å². The van der Waals surface area contributed by atoms with Crippen LogP contribution in [0.3, 0.4) is 0 Å². The van der Waals surface area contributed by atoms with Crippen molar-refractivity contribution in [2.24, 2.45) is 5.92 Å². The smallest absolute Gasteiger partial charge is 0.0406 e. The summed E-state index contributed by atoms with van der Waals surface area (Å²) in [7, 11) is 0. The molecule has 0 amide bonds. The molecule has 1 aliphatic rings. The summed E-state index contributed by atoms with van der Waals surface area (Å²) < 4.78 is 0. The first-order chi connectivity index (χ1) is 7.74. The van der Waals surface area contributed by atoms with Crippen LogP contribution in [0, 0.1) is 5.92 Å². The second-order valence-corrected chi connectivity index (χ2v) is 5.36. The minimum absolute atomic E-state index is 0.831. The Morgan fingerprint density at radius 2 is 2.06 bits per heavy atom. The molecule has 1 aliphatic heterocycles. The van der Waals surface area contributed by atoms with Crippen molar-refractivity contribution in [1.29, 1.82) is 0 Å². The number of rotatable bonds is 4. The summed E-state index contributed by atoms with van der Waals surface area (Å²) in [6.45, 7) is 6.18. The van der Waals surface area contributed by atoms with E-state index in [4.69, 9.17) is 11.6 Å². The molecule has 1 unspecified atom stereocenters. The van der Waals surface area contributed by atoms with E-state index >= 15 is 0 Å². The van der Waals surface area contributed by atoms with Gasteiger partial charge in [0, 0.05) is 11.6 Å². The third kappa shape index (κ3) is 3.50. The van der Waals surface area contributed by atoms with E-state index in [1.165, 1.54) is 44.5 Å². The Morgan fingerprint density at radius 3 is 2.69 bits per heavy atom. The van der Waals surface area contributed by atoms with Crippen LogP contribution in [0.1, 0.15) is 25.3 Å². The van der Waals surface area contributed by atoms with E-state index in [1.807, 2.05) is 12.1 Å². The number of nitrogens with zero attached hydrogens (tertiary/aromatic N) is 1. The zero-order valence-corrected chi connectivity index (χ0v) is 10.7. The van der Waals surface area contributed by atoms with E-state index < -0.39 is 0 Å². The van der Waals surface area contributed by atoms with Crippen molar-refractivity contribution in [3.8, 4) is 0 Å². The van der Waals surface area contributed by atoms with Crippen molar-refractivity contribution < 1.29 is 0 Å². The average Bonchev–Trinajstić information content (AvgIpc) is 2.67. The molecule has 1 saturated heterocycles. The highest BCUT2D eigenvalue weighted by molar-refractivity contribution is 6.30. The number of likely N-dealkylation sites (tertiary alicyclic amines) is 1. The third-order valence-corrected chi connectivity index (χ3v) is 3.61. The molecule has 1 heterocycles. The fourth-order valence-electron chi connectivity index (χ4n) is 2.39. The van der Waals surface area contributed by atoms with Gasteiger partial charge in [-0.05, 0) is 56.0 Å². The zero-order valence-electron chi connectivity index (χ0n) is 9.95. The molecule has 88 valence electrons. The van der Waals surface area contributed by atoms with Crippen molar-refractivity contribution in [2.45, 2.75) is 26.2 Å². The first-order valence-electron chi connectivity index (χ1n) is 6.21. The van der Waals surface area contributed by atoms with E-state index in [-0.39, 0.29) is 0 Å². The second kappa shape index (κ2) is 5.70. The van der Waals surface area contributed by atoms with Crippen LogP contribution in [0.2, 0.25) is 5.02 Å². The number of hydrogen-bond donors (Lipinski definition) is 0. The fraction of sp³-hybridized carbons (Fsp3) is 0.571. The Labute approximate surface area is 103 Å². The minimum atomic E-state index is 0.831. The van der Waals surface area contributed by atoms with Crippen LogP contribution in [-0.4, -0.2) is 24.5 Å². The van der Waals surface area contributed by atoms with E-state index in [2.05, 4.69) is 24.0 Å². The molecule has 16 heavy (non-hydrogen) atoms. The molecule has 0 bridgehead atoms. The summed E-state index contributed by atoms with van der Waals surface area (Å²) >= 11 is 5.86. The highest BCUT2D eigenvalue weighted by atomic mass is 35.5. The highest BCUT2D eigenvalue weighted by Gasteiger charge is 2.17. The zero-order chi connectivity index (χ0) is 11.4. The van der Waals surface area contributed by atoms with Crippen LogP contribution < -0.4 is 0 Å². The molecular formula is C14H20ClN. The third-order valence-electron chi connectivity index (χ3n) is 3.36. The van der Waals surface area contributed by atoms with Crippen LogP contribution in [0.25, 0.3) is 0 Å². The van der Waals surface area contributed by atoms with Gasteiger partial charge in [-0.15, -0.1) is 0 Å². The molecular weight excluding hydrogens is 218 g/mol. The lowest BCUT2D eigenvalue weighted by Crippen LogP contribution is -2.21. The first-order valence-corrected chi connectivity index (χ1v) is 6.58. The van der Waals surface area contributed by atoms with Crippen molar-refractivity contribution in [3.63, 3.8) is 0 Å². The van der Waals surface area contributed by atoms with Crippen molar-refractivity contribution in [1.82, 2.24) is 4.90 Å². The quantitative estimate of drug-likeness (QED) is 0.773. The topological polar surface area (TPSA) is 3.24 Å². The van der Waals surface area contributed by atoms with Crippen LogP contribution in [0.15, 0.2) is 24.3 Å². The van der Waals surface area contributed by atoms with Gasteiger partial charge in [0.25, 0.3) is 0 Å². The lowest BCUT2D eigenvalue weighted by molar-refractivity contribution is 0.323. The van der Waals surface area contributed by atoms with E-state index in [0.717, 1.165) is 10.9 Å². The second-order valence-electron chi connectivity index (χ2n) is 4.92. The summed E-state index contributed by atoms with van der Waals surface area (Å²) in [6, 6.07) is 8.23. The molecule has 0 aliphatic carbocycles. The number of benzene rings is 1. The Morgan fingerprint density at radius 1 is 1.31 bits per heavy atom. The first kappa shape index (κ1) is 11.9. The van der Waals surface area contributed by atoms with Crippen LogP contribution in [-0.2, 0) is 6.42 Å². The summed E-state index contributed by atoms with van der Waals surface area (Å²) in [5.74, 6) is 0.899. The predicted octanol–water partition coefficient (Wildman–Crippen LogP) is 3.61. The summed E-state index contributed by atoms with van der Waals surface area (Å²) in [6.07, 6.45) is 3.80. The largest absolute Gasteiger partial charge is 0.303 e. The molecule has 1 aromatic carbocycles. The standard InChI is InChI=1S/C14H20ClN/c1-12-8-10-16(11-12)9-2-3-13-4-6-14(15)7-5-13/h4-7,12H,2-3,8-11H2,1H3. The lowest BCUT2D eigenvalue weighted by atomic mass is 10.1. The molecule has 2 heteroatoms. The maximum absolute atomic E-state index is 5.86. The van der Waals surface area contributed by atoms with Gasteiger partial charge in [0.05, 0.1) is 0 Å². The molecule has 2 rings (SSSR count). The lowest BCUT2D eigenvalue weighted by Gasteiger charge is -2.14. The maximum Gasteiger partial charge on any atom is 0.0406 e. The van der Waals surface area contributed by atoms with Gasteiger partial charge in [0.15, 0.2) is 0 Å². The minimum Gasteiger partial charge on any atom is -0.303 e. The van der Waals surface area contributed by atoms with Crippen molar-refractivity contribution >= 4 is 11.6 Å². The molecule has 1 nitrogen and oxygen atoms in total. The molecule has 0 saturated carbocycles. The molecule has 0 spiro atoms. The number of halogens is 1. The van der Waals surface area contributed by atoms with Gasteiger partial charge in [-0.2, -0.15) is 0 Å².